The van der Waals surface area contributed by atoms with Crippen molar-refractivity contribution in [3.63, 3.8) is 0 Å². The van der Waals surface area contributed by atoms with Crippen LogP contribution in [0.1, 0.15) is 16.7 Å². The standard InChI is InChI=1S/C26H27NO6/c28-17-23(29)26(16-20-10-4-1-5-11-20,24(30)32-18-21-12-6-2-7-13-21)27-25(31)33-19-22-14-8-3-9-15-22/h1-15,23,28-29H,16-19H2,(H,27,31)/t23-,26+/m1/s1. The Morgan fingerprint density at radius 1 is 0.758 bits per heavy atom. The van der Waals surface area contributed by atoms with Crippen molar-refractivity contribution >= 4 is 12.1 Å². The molecule has 1 amide bonds. The first-order chi connectivity index (χ1) is 16.0. The third-order valence-electron chi connectivity index (χ3n) is 5.18. The lowest BCUT2D eigenvalue weighted by Crippen LogP contribution is -2.65. The van der Waals surface area contributed by atoms with Gasteiger partial charge in [-0.25, -0.2) is 9.59 Å². The van der Waals surface area contributed by atoms with Crippen LogP contribution in [0.2, 0.25) is 0 Å². The largest absolute Gasteiger partial charge is 0.459 e. The highest BCUT2D eigenvalue weighted by Crippen LogP contribution is 2.22. The number of alkyl carbamates (subject to hydrolysis) is 1. The fourth-order valence-electron chi connectivity index (χ4n) is 3.37. The number of aliphatic hydroxyl groups is 2. The van der Waals surface area contributed by atoms with Crippen molar-refractivity contribution in [1.82, 2.24) is 5.32 Å². The number of esters is 1. The average molecular weight is 450 g/mol. The lowest BCUT2D eigenvalue weighted by molar-refractivity contribution is -0.159. The summed E-state index contributed by atoms with van der Waals surface area (Å²) >= 11 is 0. The van der Waals surface area contributed by atoms with Crippen LogP contribution in [0.3, 0.4) is 0 Å². The minimum absolute atomic E-state index is 0.0254. The molecule has 172 valence electrons. The molecule has 7 heteroatoms. The monoisotopic (exact) mass is 449 g/mol. The summed E-state index contributed by atoms with van der Waals surface area (Å²) in [5, 5.41) is 23.0. The molecule has 7 nitrogen and oxygen atoms in total. The van der Waals surface area contributed by atoms with Crippen LogP contribution in [0.15, 0.2) is 91.0 Å². The van der Waals surface area contributed by atoms with E-state index in [9.17, 15) is 19.8 Å². The van der Waals surface area contributed by atoms with Crippen LogP contribution in [0, 0.1) is 0 Å². The fourth-order valence-corrected chi connectivity index (χ4v) is 3.37. The summed E-state index contributed by atoms with van der Waals surface area (Å²) in [6.45, 7) is -0.857. The van der Waals surface area contributed by atoms with Gasteiger partial charge in [-0.3, -0.25) is 0 Å². The van der Waals surface area contributed by atoms with E-state index in [2.05, 4.69) is 5.32 Å². The van der Waals surface area contributed by atoms with Crippen molar-refractivity contribution < 1.29 is 29.3 Å². The highest BCUT2D eigenvalue weighted by Gasteiger charge is 2.48. The molecule has 0 fully saturated rings. The van der Waals surface area contributed by atoms with Gasteiger partial charge in [0.2, 0.25) is 0 Å². The molecular formula is C26H27NO6. The predicted molar refractivity (Wildman–Crippen MR) is 122 cm³/mol. The Morgan fingerprint density at radius 3 is 1.70 bits per heavy atom. The van der Waals surface area contributed by atoms with Gasteiger partial charge >= 0.3 is 12.1 Å². The molecule has 3 rings (SSSR count). The topological polar surface area (TPSA) is 105 Å². The van der Waals surface area contributed by atoms with Gasteiger partial charge in [-0.2, -0.15) is 0 Å². The molecule has 0 bridgehead atoms. The summed E-state index contributed by atoms with van der Waals surface area (Å²) in [6.07, 6.45) is -2.66. The fraction of sp³-hybridized carbons (Fsp3) is 0.231. The van der Waals surface area contributed by atoms with E-state index < -0.39 is 30.3 Å². The zero-order valence-electron chi connectivity index (χ0n) is 18.1. The van der Waals surface area contributed by atoms with Gasteiger partial charge in [-0.15, -0.1) is 0 Å². The van der Waals surface area contributed by atoms with Gasteiger partial charge < -0.3 is 25.0 Å². The van der Waals surface area contributed by atoms with E-state index in [0.29, 0.717) is 5.56 Å². The Hall–Kier alpha value is -3.68. The molecule has 33 heavy (non-hydrogen) atoms. The van der Waals surface area contributed by atoms with Gasteiger partial charge in [-0.1, -0.05) is 91.0 Å². The predicted octanol–water partition coefficient (Wildman–Crippen LogP) is 2.99. The summed E-state index contributed by atoms with van der Waals surface area (Å²) in [7, 11) is 0. The number of nitrogens with one attached hydrogen (secondary N) is 1. The van der Waals surface area contributed by atoms with E-state index in [1.807, 2.05) is 42.5 Å². The maximum absolute atomic E-state index is 13.3. The van der Waals surface area contributed by atoms with Crippen LogP contribution in [0.25, 0.3) is 0 Å². The van der Waals surface area contributed by atoms with Crippen molar-refractivity contribution in [2.24, 2.45) is 0 Å². The molecule has 0 spiro atoms. The minimum atomic E-state index is -1.96. The smallest absolute Gasteiger partial charge is 0.408 e. The molecule has 0 heterocycles. The van der Waals surface area contributed by atoms with E-state index in [4.69, 9.17) is 9.47 Å². The molecule has 0 saturated heterocycles. The Balaban J connectivity index is 1.83. The first-order valence-corrected chi connectivity index (χ1v) is 10.6. The van der Waals surface area contributed by atoms with Crippen LogP contribution >= 0.6 is 0 Å². The van der Waals surface area contributed by atoms with Crippen molar-refractivity contribution in [2.45, 2.75) is 31.3 Å². The maximum Gasteiger partial charge on any atom is 0.408 e. The SMILES string of the molecule is O=C(N[C@](Cc1ccccc1)(C(=O)OCc1ccccc1)[C@H](O)CO)OCc1ccccc1. The molecule has 0 saturated carbocycles. The van der Waals surface area contributed by atoms with Crippen LogP contribution in [0.4, 0.5) is 4.79 Å². The molecule has 0 aromatic heterocycles. The van der Waals surface area contributed by atoms with Crippen LogP contribution in [-0.4, -0.2) is 40.5 Å². The van der Waals surface area contributed by atoms with Crippen molar-refractivity contribution in [3.05, 3.63) is 108 Å². The van der Waals surface area contributed by atoms with E-state index in [0.717, 1.165) is 11.1 Å². The van der Waals surface area contributed by atoms with Gasteiger partial charge in [0, 0.05) is 6.42 Å². The average Bonchev–Trinajstić information content (AvgIpc) is 2.87. The van der Waals surface area contributed by atoms with Crippen molar-refractivity contribution in [1.29, 1.82) is 0 Å². The summed E-state index contributed by atoms with van der Waals surface area (Å²) in [6, 6.07) is 26.9. The van der Waals surface area contributed by atoms with Crippen LogP contribution < -0.4 is 5.32 Å². The third kappa shape index (κ3) is 6.65. The second-order valence-corrected chi connectivity index (χ2v) is 7.58. The maximum atomic E-state index is 13.3. The van der Waals surface area contributed by atoms with E-state index in [1.54, 1.807) is 48.5 Å². The van der Waals surface area contributed by atoms with Gasteiger partial charge in [-0.05, 0) is 16.7 Å². The number of aliphatic hydroxyl groups excluding tert-OH is 2. The number of carbonyl (C=O) groups is 2. The van der Waals surface area contributed by atoms with Crippen molar-refractivity contribution in [3.8, 4) is 0 Å². The number of hydrogen-bond donors (Lipinski definition) is 3. The van der Waals surface area contributed by atoms with Crippen LogP contribution in [-0.2, 0) is 33.9 Å². The molecule has 2 atom stereocenters. The summed E-state index contributed by atoms with van der Waals surface area (Å²) in [5.74, 6) is -0.881. The second kappa shape index (κ2) is 11.8. The number of benzene rings is 3. The first kappa shape index (κ1) is 24.0. The zero-order chi connectivity index (χ0) is 23.5. The molecule has 3 N–H and O–H groups in total. The lowest BCUT2D eigenvalue weighted by atomic mass is 9.85. The van der Waals surface area contributed by atoms with Crippen molar-refractivity contribution in [2.75, 3.05) is 6.61 Å². The molecule has 3 aromatic carbocycles. The molecule has 0 aliphatic heterocycles. The number of amides is 1. The Bertz CT molecular complexity index is 1010. The second-order valence-electron chi connectivity index (χ2n) is 7.58. The number of carbonyl (C=O) groups excluding carboxylic acids is 2. The van der Waals surface area contributed by atoms with Gasteiger partial charge in [0.1, 0.15) is 19.3 Å². The van der Waals surface area contributed by atoms with Gasteiger partial charge in [0.15, 0.2) is 5.54 Å². The van der Waals surface area contributed by atoms with Crippen LogP contribution in [0.5, 0.6) is 0 Å². The Kier molecular flexibility index (Phi) is 8.57. The zero-order valence-corrected chi connectivity index (χ0v) is 18.1. The summed E-state index contributed by atoms with van der Waals surface area (Å²) in [5.41, 5.74) is 0.198. The first-order valence-electron chi connectivity index (χ1n) is 10.6. The Morgan fingerprint density at radius 2 is 1.21 bits per heavy atom. The number of hydrogen-bond acceptors (Lipinski definition) is 6. The third-order valence-corrected chi connectivity index (χ3v) is 5.18. The molecule has 0 aliphatic carbocycles. The molecule has 0 aliphatic rings. The Labute approximate surface area is 192 Å². The van der Waals surface area contributed by atoms with Gasteiger partial charge in [0.05, 0.1) is 6.61 Å². The van der Waals surface area contributed by atoms with E-state index >= 15 is 0 Å². The highest BCUT2D eigenvalue weighted by molar-refractivity contribution is 5.87. The summed E-state index contributed by atoms with van der Waals surface area (Å²) in [4.78, 5) is 26.0. The van der Waals surface area contributed by atoms with E-state index in [-0.39, 0.29) is 19.6 Å². The summed E-state index contributed by atoms with van der Waals surface area (Å²) < 4.78 is 10.8. The quantitative estimate of drug-likeness (QED) is 0.411. The molecule has 3 aromatic rings. The molecular weight excluding hydrogens is 422 g/mol. The molecule has 0 unspecified atom stereocenters. The number of ether oxygens (including phenoxy) is 2. The number of rotatable bonds is 10. The lowest BCUT2D eigenvalue weighted by Gasteiger charge is -2.35. The van der Waals surface area contributed by atoms with E-state index in [1.165, 1.54) is 0 Å². The van der Waals surface area contributed by atoms with Gasteiger partial charge in [0.25, 0.3) is 0 Å². The minimum Gasteiger partial charge on any atom is -0.459 e. The molecule has 0 radical (unpaired) electrons. The normalized spacial score (nSPS) is 13.4. The highest BCUT2D eigenvalue weighted by atomic mass is 16.6.